The number of furan rings is 1. The molecule has 5 nitrogen and oxygen atoms in total. The molecule has 2 heterocycles. The summed E-state index contributed by atoms with van der Waals surface area (Å²) in [7, 11) is -4.53. The predicted octanol–water partition coefficient (Wildman–Crippen LogP) is 1.39. The standard InChI is InChI=1S/C11H16ClNO4S2/c1-8-10(7-12)11(9(2)17-8)19(15,16)13-3-5-18(14)6-4-13/h3-7H2,1-2H3. The predicted molar refractivity (Wildman–Crippen MR) is 74.4 cm³/mol. The highest BCUT2D eigenvalue weighted by molar-refractivity contribution is 7.89. The van der Waals surface area contributed by atoms with Gasteiger partial charge in [0, 0.05) is 41.0 Å². The number of rotatable bonds is 3. The van der Waals surface area contributed by atoms with E-state index in [0.717, 1.165) is 0 Å². The summed E-state index contributed by atoms with van der Waals surface area (Å²) in [6.07, 6.45) is 0. The molecule has 0 aliphatic carbocycles. The normalized spacial score (nSPS) is 18.9. The van der Waals surface area contributed by atoms with Crippen LogP contribution in [-0.2, 0) is 26.7 Å². The first-order valence-electron chi connectivity index (χ1n) is 5.88. The minimum atomic E-state index is -3.62. The molecule has 0 unspecified atom stereocenters. The van der Waals surface area contributed by atoms with E-state index in [9.17, 15) is 12.6 Å². The summed E-state index contributed by atoms with van der Waals surface area (Å²) in [5.41, 5.74) is 0.519. The SMILES string of the molecule is Cc1oc(C)c(S(=O)(=O)N2CCS(=O)CC2)c1CCl. The fraction of sp³-hybridized carbons (Fsp3) is 0.636. The first-order chi connectivity index (χ1) is 8.87. The van der Waals surface area contributed by atoms with Gasteiger partial charge in [0.15, 0.2) is 0 Å². The van der Waals surface area contributed by atoms with E-state index in [4.69, 9.17) is 16.0 Å². The average Bonchev–Trinajstić information content (AvgIpc) is 2.64. The van der Waals surface area contributed by atoms with Crippen LogP contribution < -0.4 is 0 Å². The van der Waals surface area contributed by atoms with E-state index in [1.54, 1.807) is 13.8 Å². The topological polar surface area (TPSA) is 67.6 Å². The fourth-order valence-corrected chi connectivity index (χ4v) is 5.73. The van der Waals surface area contributed by atoms with Crippen molar-refractivity contribution in [3.8, 4) is 0 Å². The molecule has 0 aromatic carbocycles. The Kier molecular flexibility index (Phi) is 4.39. The molecule has 0 amide bonds. The lowest BCUT2D eigenvalue weighted by Gasteiger charge is -2.25. The zero-order valence-corrected chi connectivity index (χ0v) is 13.2. The summed E-state index contributed by atoms with van der Waals surface area (Å²) in [5.74, 6) is 1.75. The number of nitrogens with zero attached hydrogens (tertiary/aromatic N) is 1. The number of aryl methyl sites for hydroxylation is 2. The van der Waals surface area contributed by atoms with Gasteiger partial charge in [0.1, 0.15) is 16.4 Å². The lowest BCUT2D eigenvalue weighted by Crippen LogP contribution is -2.42. The van der Waals surface area contributed by atoms with Gasteiger partial charge in [0.2, 0.25) is 10.0 Å². The highest BCUT2D eigenvalue weighted by Crippen LogP contribution is 2.30. The van der Waals surface area contributed by atoms with Crippen molar-refractivity contribution in [3.63, 3.8) is 0 Å². The molecule has 19 heavy (non-hydrogen) atoms. The highest BCUT2D eigenvalue weighted by atomic mass is 35.5. The third kappa shape index (κ3) is 2.74. The van der Waals surface area contributed by atoms with Crippen molar-refractivity contribution in [2.24, 2.45) is 0 Å². The maximum Gasteiger partial charge on any atom is 0.246 e. The Morgan fingerprint density at radius 1 is 1.26 bits per heavy atom. The summed E-state index contributed by atoms with van der Waals surface area (Å²) >= 11 is 5.83. The fourth-order valence-electron chi connectivity index (χ4n) is 2.19. The molecule has 108 valence electrons. The summed E-state index contributed by atoms with van der Waals surface area (Å²) in [6.45, 7) is 3.88. The van der Waals surface area contributed by atoms with E-state index in [2.05, 4.69) is 0 Å². The lowest BCUT2D eigenvalue weighted by molar-refractivity contribution is 0.435. The van der Waals surface area contributed by atoms with Crippen LogP contribution in [0.15, 0.2) is 9.31 Å². The molecule has 2 rings (SSSR count). The Hall–Kier alpha value is -0.370. The van der Waals surface area contributed by atoms with E-state index in [1.807, 2.05) is 0 Å². The zero-order chi connectivity index (χ0) is 14.2. The number of alkyl halides is 1. The van der Waals surface area contributed by atoms with Crippen molar-refractivity contribution < 1.29 is 17.0 Å². The number of hydrogen-bond acceptors (Lipinski definition) is 4. The molecule has 1 saturated heterocycles. The van der Waals surface area contributed by atoms with Crippen LogP contribution in [-0.4, -0.2) is 41.5 Å². The summed E-state index contributed by atoms with van der Waals surface area (Å²) in [4.78, 5) is 0.174. The Balaban J connectivity index is 2.42. The van der Waals surface area contributed by atoms with Crippen LogP contribution >= 0.6 is 11.6 Å². The van der Waals surface area contributed by atoms with E-state index in [-0.39, 0.29) is 23.9 Å². The second kappa shape index (κ2) is 5.55. The van der Waals surface area contributed by atoms with E-state index < -0.39 is 20.8 Å². The molecule has 0 N–H and O–H groups in total. The quantitative estimate of drug-likeness (QED) is 0.788. The molecular weight excluding hydrogens is 310 g/mol. The molecule has 0 spiro atoms. The minimum Gasteiger partial charge on any atom is -0.465 e. The molecule has 1 aliphatic rings. The third-order valence-electron chi connectivity index (χ3n) is 3.19. The Labute approximate surface area is 120 Å². The van der Waals surface area contributed by atoms with Crippen molar-refractivity contribution in [1.29, 1.82) is 0 Å². The van der Waals surface area contributed by atoms with Gasteiger partial charge in [-0.3, -0.25) is 4.21 Å². The van der Waals surface area contributed by atoms with Crippen LogP contribution in [0.4, 0.5) is 0 Å². The molecule has 1 aromatic heterocycles. The van der Waals surface area contributed by atoms with Crippen LogP contribution in [0.3, 0.4) is 0 Å². The molecule has 0 bridgehead atoms. The van der Waals surface area contributed by atoms with Gasteiger partial charge in [-0.25, -0.2) is 8.42 Å². The molecule has 0 saturated carbocycles. The zero-order valence-electron chi connectivity index (χ0n) is 10.8. The number of sulfonamides is 1. The molecule has 0 radical (unpaired) electrons. The second-order valence-corrected chi connectivity index (χ2v) is 8.25. The molecule has 0 atom stereocenters. The molecule has 1 fully saturated rings. The molecular formula is C11H16ClNO4S2. The van der Waals surface area contributed by atoms with Crippen LogP contribution in [0.5, 0.6) is 0 Å². The average molecular weight is 326 g/mol. The first-order valence-corrected chi connectivity index (χ1v) is 9.34. The summed E-state index contributed by atoms with van der Waals surface area (Å²) < 4.78 is 43.3. The van der Waals surface area contributed by atoms with Gasteiger partial charge >= 0.3 is 0 Å². The number of hydrogen-bond donors (Lipinski definition) is 0. The van der Waals surface area contributed by atoms with Crippen LogP contribution in [0, 0.1) is 13.8 Å². The van der Waals surface area contributed by atoms with Gasteiger partial charge in [-0.1, -0.05) is 0 Å². The number of halogens is 1. The van der Waals surface area contributed by atoms with Gasteiger partial charge in [0.25, 0.3) is 0 Å². The highest BCUT2D eigenvalue weighted by Gasteiger charge is 2.33. The maximum atomic E-state index is 12.6. The van der Waals surface area contributed by atoms with Crippen molar-refractivity contribution in [1.82, 2.24) is 4.31 Å². The molecule has 8 heteroatoms. The second-order valence-electron chi connectivity index (χ2n) is 4.41. The molecule has 1 aliphatic heterocycles. The Morgan fingerprint density at radius 2 is 1.84 bits per heavy atom. The van der Waals surface area contributed by atoms with Gasteiger partial charge in [0.05, 0.1) is 5.88 Å². The molecule has 1 aromatic rings. The van der Waals surface area contributed by atoms with E-state index in [1.165, 1.54) is 4.31 Å². The van der Waals surface area contributed by atoms with Gasteiger partial charge < -0.3 is 4.42 Å². The lowest BCUT2D eigenvalue weighted by atomic mass is 10.3. The smallest absolute Gasteiger partial charge is 0.246 e. The monoisotopic (exact) mass is 325 g/mol. The van der Waals surface area contributed by atoms with E-state index in [0.29, 0.717) is 28.6 Å². The summed E-state index contributed by atoms with van der Waals surface area (Å²) in [5, 5.41) is 0. The largest absolute Gasteiger partial charge is 0.465 e. The van der Waals surface area contributed by atoms with Crippen LogP contribution in [0.2, 0.25) is 0 Å². The van der Waals surface area contributed by atoms with Crippen molar-refractivity contribution in [2.75, 3.05) is 24.6 Å². The van der Waals surface area contributed by atoms with Crippen molar-refractivity contribution >= 4 is 32.4 Å². The van der Waals surface area contributed by atoms with Crippen molar-refractivity contribution in [3.05, 3.63) is 17.1 Å². The Morgan fingerprint density at radius 3 is 2.37 bits per heavy atom. The minimum absolute atomic E-state index is 0.0947. The maximum absolute atomic E-state index is 12.6. The van der Waals surface area contributed by atoms with Gasteiger partial charge in [-0.2, -0.15) is 4.31 Å². The van der Waals surface area contributed by atoms with Crippen molar-refractivity contribution in [2.45, 2.75) is 24.6 Å². The van der Waals surface area contributed by atoms with Crippen LogP contribution in [0.25, 0.3) is 0 Å². The van der Waals surface area contributed by atoms with E-state index >= 15 is 0 Å². The van der Waals surface area contributed by atoms with Crippen LogP contribution in [0.1, 0.15) is 17.1 Å². The third-order valence-corrected chi connectivity index (χ3v) is 6.83. The first kappa shape index (κ1) is 15.0. The van der Waals surface area contributed by atoms with Gasteiger partial charge in [-0.15, -0.1) is 11.6 Å². The van der Waals surface area contributed by atoms with Gasteiger partial charge in [-0.05, 0) is 13.8 Å². The Bertz CT molecular complexity index is 598. The summed E-state index contributed by atoms with van der Waals surface area (Å²) in [6, 6.07) is 0.